The first-order chi connectivity index (χ1) is 6.77. The van der Waals surface area contributed by atoms with Crippen molar-refractivity contribution < 1.29 is 0 Å². The Labute approximate surface area is 86.5 Å². The maximum absolute atomic E-state index is 8.36. The van der Waals surface area contributed by atoms with Crippen LogP contribution in [0.25, 0.3) is 10.4 Å². The molecular weight excluding hydrogens is 195 g/mol. The molecule has 78 valence electrons. The molecule has 3 atom stereocenters. The number of hydrogen-bond donors (Lipinski definition) is 0. The fraction of sp³-hybridized carbons (Fsp3) is 1.00. The third kappa shape index (κ3) is 1.75. The molecule has 1 saturated carbocycles. The topological polar surface area (TPSA) is 52.0 Å². The highest BCUT2D eigenvalue weighted by atomic mass is 31.1. The van der Waals surface area contributed by atoms with Crippen LogP contribution in [-0.4, -0.2) is 30.7 Å². The average molecular weight is 212 g/mol. The Kier molecular flexibility index (Phi) is 2.96. The molecule has 1 aliphatic carbocycles. The van der Waals surface area contributed by atoms with Crippen LogP contribution < -0.4 is 0 Å². The van der Waals surface area contributed by atoms with Crippen LogP contribution in [0.15, 0.2) is 4.88 Å². The Bertz CT molecular complexity index is 264. The molecule has 2 rings (SSSR count). The second kappa shape index (κ2) is 4.06. The van der Waals surface area contributed by atoms with Crippen molar-refractivity contribution in [2.75, 3.05) is 20.1 Å². The monoisotopic (exact) mass is 212 g/mol. The van der Waals surface area contributed by atoms with E-state index >= 15 is 0 Å². The minimum atomic E-state index is 0.462. The first-order valence-electron chi connectivity index (χ1n) is 5.25. The van der Waals surface area contributed by atoms with Crippen molar-refractivity contribution in [1.29, 1.82) is 0 Å². The predicted molar refractivity (Wildman–Crippen MR) is 59.6 cm³/mol. The summed E-state index contributed by atoms with van der Waals surface area (Å²) in [6.45, 7) is 2.43. The van der Waals surface area contributed by atoms with Gasteiger partial charge in [0.05, 0.1) is 0 Å². The first-order valence-corrected chi connectivity index (χ1v) is 6.27. The summed E-state index contributed by atoms with van der Waals surface area (Å²) in [7, 11) is 2.66. The van der Waals surface area contributed by atoms with Gasteiger partial charge in [-0.2, -0.15) is 0 Å². The molecule has 5 heteroatoms. The summed E-state index contributed by atoms with van der Waals surface area (Å²) < 4.78 is 0. The van der Waals surface area contributed by atoms with E-state index in [1.165, 1.54) is 38.8 Å². The van der Waals surface area contributed by atoms with E-state index in [9.17, 15) is 0 Å². The predicted octanol–water partition coefficient (Wildman–Crippen LogP) is 2.76. The van der Waals surface area contributed by atoms with Gasteiger partial charge in [-0.15, -0.1) is 0 Å². The Morgan fingerprint density at radius 1 is 1.57 bits per heavy atom. The zero-order valence-corrected chi connectivity index (χ0v) is 9.61. The highest BCUT2D eigenvalue weighted by Crippen LogP contribution is 2.52. The van der Waals surface area contributed by atoms with E-state index in [-0.39, 0.29) is 0 Å². The van der Waals surface area contributed by atoms with E-state index in [0.717, 1.165) is 0 Å². The molecule has 4 nitrogen and oxygen atoms in total. The van der Waals surface area contributed by atoms with Crippen LogP contribution in [0.3, 0.4) is 0 Å². The second-order valence-corrected chi connectivity index (χ2v) is 5.77. The molecule has 2 fully saturated rings. The van der Waals surface area contributed by atoms with Gasteiger partial charge in [0.2, 0.25) is 0 Å². The average Bonchev–Trinajstić information content (AvgIpc) is 2.72. The summed E-state index contributed by atoms with van der Waals surface area (Å²) in [6.07, 6.45) is 5.25. The lowest BCUT2D eigenvalue weighted by molar-refractivity contribution is 0.295. The molecular formula is C9H17N4P. The zero-order chi connectivity index (χ0) is 10.0. The molecule has 0 aromatic carbocycles. The highest BCUT2D eigenvalue weighted by molar-refractivity contribution is 7.37. The number of rotatable bonds is 2. The third-order valence-corrected chi connectivity index (χ3v) is 5.16. The van der Waals surface area contributed by atoms with Crippen molar-refractivity contribution in [2.24, 2.45) is 10.3 Å². The van der Waals surface area contributed by atoms with E-state index < -0.39 is 0 Å². The van der Waals surface area contributed by atoms with Gasteiger partial charge in [-0.05, 0) is 58.2 Å². The van der Waals surface area contributed by atoms with Crippen LogP contribution in [0.4, 0.5) is 0 Å². The lowest BCUT2D eigenvalue weighted by atomic mass is 9.85. The standard InChI is InChI=1S/C9H17N4P/c1-13-6-5-9(7-13)4-2-3-8(9)14-12-11-10/h8,14H,2-7H2,1H3. The van der Waals surface area contributed by atoms with Crippen LogP contribution >= 0.6 is 8.73 Å². The molecule has 2 aliphatic rings. The number of hydrogen-bond acceptors (Lipinski definition) is 2. The molecule has 3 unspecified atom stereocenters. The SMILES string of the molecule is CN1CCC2(CCCC2PN=[N+]=[N-])C1. The summed E-state index contributed by atoms with van der Waals surface area (Å²) in [5, 5.41) is 0. The van der Waals surface area contributed by atoms with Crippen molar-refractivity contribution >= 4 is 8.73 Å². The van der Waals surface area contributed by atoms with Gasteiger partial charge in [0.15, 0.2) is 0 Å². The normalized spacial score (nSPS) is 38.5. The lowest BCUT2D eigenvalue weighted by Gasteiger charge is -2.29. The first kappa shape index (κ1) is 10.2. The molecule has 0 amide bonds. The van der Waals surface area contributed by atoms with Crippen molar-refractivity contribution in [3.8, 4) is 0 Å². The molecule has 14 heavy (non-hydrogen) atoms. The summed E-state index contributed by atoms with van der Waals surface area (Å²) in [6, 6.07) is 0. The molecule has 0 radical (unpaired) electrons. The van der Waals surface area contributed by atoms with Crippen LogP contribution in [0.5, 0.6) is 0 Å². The molecule has 0 aromatic heterocycles. The van der Waals surface area contributed by atoms with Gasteiger partial charge in [0, 0.05) is 11.5 Å². The van der Waals surface area contributed by atoms with Crippen LogP contribution in [0.1, 0.15) is 25.7 Å². The lowest BCUT2D eigenvalue weighted by Crippen LogP contribution is -2.29. The Hall–Kier alpha value is -0.300. The minimum Gasteiger partial charge on any atom is -0.306 e. The Morgan fingerprint density at radius 2 is 2.43 bits per heavy atom. The molecule has 0 bridgehead atoms. The van der Waals surface area contributed by atoms with Gasteiger partial charge in [0.25, 0.3) is 0 Å². The second-order valence-electron chi connectivity index (χ2n) is 4.61. The van der Waals surface area contributed by atoms with Crippen molar-refractivity contribution in [3.05, 3.63) is 10.4 Å². The molecule has 1 spiro atoms. The summed E-state index contributed by atoms with van der Waals surface area (Å²) in [5.41, 5.74) is 9.54. The Morgan fingerprint density at radius 3 is 3.07 bits per heavy atom. The van der Waals surface area contributed by atoms with Gasteiger partial charge in [-0.3, -0.25) is 0 Å². The zero-order valence-electron chi connectivity index (χ0n) is 8.61. The van der Waals surface area contributed by atoms with Gasteiger partial charge in [-0.25, -0.2) is 0 Å². The van der Waals surface area contributed by atoms with Gasteiger partial charge in [-0.1, -0.05) is 11.3 Å². The maximum atomic E-state index is 8.36. The quantitative estimate of drug-likeness (QED) is 0.300. The largest absolute Gasteiger partial charge is 0.306 e. The minimum absolute atomic E-state index is 0.462. The van der Waals surface area contributed by atoms with Crippen LogP contribution in [0, 0.1) is 5.41 Å². The molecule has 0 N–H and O–H groups in total. The number of nitrogens with zero attached hydrogens (tertiary/aromatic N) is 4. The van der Waals surface area contributed by atoms with E-state index in [0.29, 0.717) is 19.8 Å². The van der Waals surface area contributed by atoms with Crippen molar-refractivity contribution in [1.82, 2.24) is 4.90 Å². The fourth-order valence-corrected chi connectivity index (χ4v) is 4.21. The summed E-state index contributed by atoms with van der Waals surface area (Å²) in [5.74, 6) is 0. The summed E-state index contributed by atoms with van der Waals surface area (Å²) in [4.78, 5) is 9.10. The molecule has 0 aromatic rings. The van der Waals surface area contributed by atoms with Crippen molar-refractivity contribution in [3.63, 3.8) is 0 Å². The van der Waals surface area contributed by atoms with E-state index in [1.807, 2.05) is 0 Å². The van der Waals surface area contributed by atoms with E-state index in [4.69, 9.17) is 5.53 Å². The number of likely N-dealkylation sites (tertiary alicyclic amines) is 1. The van der Waals surface area contributed by atoms with Gasteiger partial charge in [0.1, 0.15) is 0 Å². The van der Waals surface area contributed by atoms with Crippen molar-refractivity contribution in [2.45, 2.75) is 31.3 Å². The van der Waals surface area contributed by atoms with E-state index in [1.54, 1.807) is 0 Å². The smallest absolute Gasteiger partial charge is 0.00447 e. The molecule has 1 aliphatic heterocycles. The molecule has 1 saturated heterocycles. The van der Waals surface area contributed by atoms with Crippen LogP contribution in [0.2, 0.25) is 0 Å². The van der Waals surface area contributed by atoms with Crippen LogP contribution in [-0.2, 0) is 0 Å². The maximum Gasteiger partial charge on any atom is 0.00447 e. The van der Waals surface area contributed by atoms with Gasteiger partial charge >= 0.3 is 0 Å². The highest BCUT2D eigenvalue weighted by Gasteiger charge is 2.45. The van der Waals surface area contributed by atoms with E-state index in [2.05, 4.69) is 21.7 Å². The third-order valence-electron chi connectivity index (χ3n) is 3.74. The fourth-order valence-electron chi connectivity index (χ4n) is 3.03. The number of azide groups is 1. The summed E-state index contributed by atoms with van der Waals surface area (Å²) >= 11 is 0. The molecule has 1 heterocycles. The van der Waals surface area contributed by atoms with Gasteiger partial charge < -0.3 is 4.90 Å². The Balaban J connectivity index is 2.05.